The molecule has 0 radical (unpaired) electrons. The minimum absolute atomic E-state index is 0.415. The molecule has 3 rings (SSSR count). The fourth-order valence-corrected chi connectivity index (χ4v) is 2.45. The quantitative estimate of drug-likeness (QED) is 0.667. The SMILES string of the molecule is CCOc1nc(-c2ccc(Cl)cc2)nc2cc(C(=O)OC)ccc12. The summed E-state index contributed by atoms with van der Waals surface area (Å²) in [7, 11) is 1.34. The van der Waals surface area contributed by atoms with Crippen LogP contribution in [0.3, 0.4) is 0 Å². The molecule has 0 N–H and O–H groups in total. The number of carbonyl (C=O) groups is 1. The lowest BCUT2D eigenvalue weighted by Gasteiger charge is -2.10. The Balaban J connectivity index is 2.19. The zero-order valence-electron chi connectivity index (χ0n) is 13.2. The van der Waals surface area contributed by atoms with E-state index in [1.54, 1.807) is 30.3 Å². The van der Waals surface area contributed by atoms with Gasteiger partial charge in [0.2, 0.25) is 5.88 Å². The van der Waals surface area contributed by atoms with Crippen LogP contribution in [0, 0.1) is 0 Å². The lowest BCUT2D eigenvalue weighted by Crippen LogP contribution is -2.03. The van der Waals surface area contributed by atoms with Gasteiger partial charge in [-0.05, 0) is 49.4 Å². The molecule has 0 aliphatic carbocycles. The van der Waals surface area contributed by atoms with Crippen molar-refractivity contribution >= 4 is 28.5 Å². The lowest BCUT2D eigenvalue weighted by atomic mass is 10.1. The molecule has 2 aromatic carbocycles. The van der Waals surface area contributed by atoms with E-state index in [4.69, 9.17) is 21.1 Å². The predicted octanol–water partition coefficient (Wildman–Crippen LogP) is 4.14. The molecule has 0 saturated carbocycles. The van der Waals surface area contributed by atoms with Crippen molar-refractivity contribution in [2.24, 2.45) is 0 Å². The molecule has 1 aromatic heterocycles. The number of hydrogen-bond donors (Lipinski definition) is 0. The van der Waals surface area contributed by atoms with Crippen LogP contribution in [0.2, 0.25) is 5.02 Å². The van der Waals surface area contributed by atoms with Gasteiger partial charge in [0.15, 0.2) is 5.82 Å². The topological polar surface area (TPSA) is 61.3 Å². The number of nitrogens with zero attached hydrogens (tertiary/aromatic N) is 2. The second-order valence-corrected chi connectivity index (χ2v) is 5.45. The van der Waals surface area contributed by atoms with E-state index in [1.807, 2.05) is 19.1 Å². The van der Waals surface area contributed by atoms with Crippen LogP contribution < -0.4 is 4.74 Å². The van der Waals surface area contributed by atoms with Gasteiger partial charge in [-0.2, -0.15) is 4.98 Å². The van der Waals surface area contributed by atoms with Crippen LogP contribution in [0.1, 0.15) is 17.3 Å². The summed E-state index contributed by atoms with van der Waals surface area (Å²) in [5, 5.41) is 1.37. The number of esters is 1. The van der Waals surface area contributed by atoms with Crippen LogP contribution in [0.5, 0.6) is 5.88 Å². The van der Waals surface area contributed by atoms with Crippen molar-refractivity contribution in [1.82, 2.24) is 9.97 Å². The van der Waals surface area contributed by atoms with Gasteiger partial charge in [0.25, 0.3) is 0 Å². The number of methoxy groups -OCH3 is 1. The number of carbonyl (C=O) groups excluding carboxylic acids is 1. The number of fused-ring (bicyclic) bond motifs is 1. The normalized spacial score (nSPS) is 10.6. The third kappa shape index (κ3) is 3.16. The van der Waals surface area contributed by atoms with E-state index < -0.39 is 5.97 Å². The van der Waals surface area contributed by atoms with Gasteiger partial charge in [-0.1, -0.05) is 11.6 Å². The Bertz CT molecular complexity index is 895. The minimum Gasteiger partial charge on any atom is -0.477 e. The van der Waals surface area contributed by atoms with Gasteiger partial charge >= 0.3 is 5.97 Å². The van der Waals surface area contributed by atoms with Gasteiger partial charge in [0.1, 0.15) is 0 Å². The molecule has 0 amide bonds. The zero-order chi connectivity index (χ0) is 17.1. The molecule has 24 heavy (non-hydrogen) atoms. The molecule has 0 bridgehead atoms. The highest BCUT2D eigenvalue weighted by molar-refractivity contribution is 6.30. The van der Waals surface area contributed by atoms with Crippen LogP contribution in [-0.4, -0.2) is 29.7 Å². The van der Waals surface area contributed by atoms with Crippen LogP contribution in [0.4, 0.5) is 0 Å². The van der Waals surface area contributed by atoms with Gasteiger partial charge < -0.3 is 9.47 Å². The first-order valence-electron chi connectivity index (χ1n) is 7.41. The average molecular weight is 343 g/mol. The van der Waals surface area contributed by atoms with E-state index in [9.17, 15) is 4.79 Å². The Morgan fingerprint density at radius 2 is 1.88 bits per heavy atom. The molecule has 122 valence electrons. The minimum atomic E-state index is -0.415. The van der Waals surface area contributed by atoms with E-state index in [-0.39, 0.29) is 0 Å². The highest BCUT2D eigenvalue weighted by Gasteiger charge is 2.13. The first kappa shape index (κ1) is 16.2. The molecule has 0 aliphatic rings. The van der Waals surface area contributed by atoms with Crippen molar-refractivity contribution in [3.63, 3.8) is 0 Å². The molecular formula is C18H15ClN2O3. The van der Waals surface area contributed by atoms with Crippen LogP contribution >= 0.6 is 11.6 Å². The zero-order valence-corrected chi connectivity index (χ0v) is 14.0. The Kier molecular flexibility index (Phi) is 4.62. The van der Waals surface area contributed by atoms with Crippen molar-refractivity contribution in [3.8, 4) is 17.3 Å². The second-order valence-electron chi connectivity index (χ2n) is 5.02. The van der Waals surface area contributed by atoms with E-state index in [0.717, 1.165) is 10.9 Å². The van der Waals surface area contributed by atoms with E-state index in [2.05, 4.69) is 9.97 Å². The summed E-state index contributed by atoms with van der Waals surface area (Å²) in [5.41, 5.74) is 1.85. The van der Waals surface area contributed by atoms with E-state index in [1.165, 1.54) is 7.11 Å². The number of aromatic nitrogens is 2. The number of hydrogen-bond acceptors (Lipinski definition) is 5. The second kappa shape index (κ2) is 6.84. The average Bonchev–Trinajstić information content (AvgIpc) is 2.61. The molecule has 0 fully saturated rings. The highest BCUT2D eigenvalue weighted by atomic mass is 35.5. The molecular weight excluding hydrogens is 328 g/mol. The van der Waals surface area contributed by atoms with Crippen molar-refractivity contribution in [3.05, 3.63) is 53.1 Å². The summed E-state index contributed by atoms with van der Waals surface area (Å²) in [6, 6.07) is 12.3. The molecule has 0 unspecified atom stereocenters. The molecule has 5 nitrogen and oxygen atoms in total. The number of ether oxygens (including phenoxy) is 2. The largest absolute Gasteiger partial charge is 0.477 e. The summed E-state index contributed by atoms with van der Waals surface area (Å²) >= 11 is 5.93. The maximum Gasteiger partial charge on any atom is 0.337 e. The molecule has 0 aliphatic heterocycles. The first-order chi connectivity index (χ1) is 11.6. The summed E-state index contributed by atoms with van der Waals surface area (Å²) in [5.74, 6) is 0.565. The summed E-state index contributed by atoms with van der Waals surface area (Å²) in [4.78, 5) is 20.8. The third-order valence-electron chi connectivity index (χ3n) is 3.47. The smallest absolute Gasteiger partial charge is 0.337 e. The maximum absolute atomic E-state index is 11.7. The van der Waals surface area contributed by atoms with Crippen molar-refractivity contribution in [2.45, 2.75) is 6.92 Å². The van der Waals surface area contributed by atoms with Gasteiger partial charge in [-0.25, -0.2) is 9.78 Å². The molecule has 0 spiro atoms. The predicted molar refractivity (Wildman–Crippen MR) is 92.5 cm³/mol. The summed E-state index contributed by atoms with van der Waals surface area (Å²) < 4.78 is 10.4. The van der Waals surface area contributed by atoms with Gasteiger partial charge in [0, 0.05) is 10.6 Å². The summed E-state index contributed by atoms with van der Waals surface area (Å²) in [6.07, 6.45) is 0. The fourth-order valence-electron chi connectivity index (χ4n) is 2.32. The van der Waals surface area contributed by atoms with Gasteiger partial charge in [-0.15, -0.1) is 0 Å². The molecule has 0 atom stereocenters. The van der Waals surface area contributed by atoms with Crippen LogP contribution in [-0.2, 0) is 4.74 Å². The van der Waals surface area contributed by atoms with Crippen molar-refractivity contribution in [1.29, 1.82) is 0 Å². The van der Waals surface area contributed by atoms with Crippen LogP contribution in [0.15, 0.2) is 42.5 Å². The number of rotatable bonds is 4. The highest BCUT2D eigenvalue weighted by Crippen LogP contribution is 2.28. The van der Waals surface area contributed by atoms with Crippen molar-refractivity contribution in [2.75, 3.05) is 13.7 Å². The lowest BCUT2D eigenvalue weighted by molar-refractivity contribution is 0.0601. The Hall–Kier alpha value is -2.66. The van der Waals surface area contributed by atoms with Gasteiger partial charge in [0.05, 0.1) is 30.2 Å². The summed E-state index contributed by atoms with van der Waals surface area (Å²) in [6.45, 7) is 2.36. The molecule has 0 saturated heterocycles. The Morgan fingerprint density at radius 3 is 2.54 bits per heavy atom. The maximum atomic E-state index is 11.7. The fraction of sp³-hybridized carbons (Fsp3) is 0.167. The van der Waals surface area contributed by atoms with Gasteiger partial charge in [-0.3, -0.25) is 0 Å². The molecule has 6 heteroatoms. The number of benzene rings is 2. The van der Waals surface area contributed by atoms with E-state index >= 15 is 0 Å². The monoisotopic (exact) mass is 342 g/mol. The molecule has 1 heterocycles. The Morgan fingerprint density at radius 1 is 1.12 bits per heavy atom. The third-order valence-corrected chi connectivity index (χ3v) is 3.72. The van der Waals surface area contributed by atoms with E-state index in [0.29, 0.717) is 34.4 Å². The van der Waals surface area contributed by atoms with Crippen molar-refractivity contribution < 1.29 is 14.3 Å². The number of halogens is 1. The van der Waals surface area contributed by atoms with Crippen LogP contribution in [0.25, 0.3) is 22.3 Å². The molecule has 3 aromatic rings. The first-order valence-corrected chi connectivity index (χ1v) is 7.79. The Labute approximate surface area is 144 Å². The standard InChI is InChI=1S/C18H15ClN2O3/c1-3-24-17-14-9-6-12(18(22)23-2)10-15(14)20-16(21-17)11-4-7-13(19)8-5-11/h4-10H,3H2,1-2H3.